The predicted molar refractivity (Wildman–Crippen MR) is 116 cm³/mol. The molecule has 1 amide bonds. The number of thiophene rings is 1. The molecule has 148 valence electrons. The molecule has 0 unspecified atom stereocenters. The molecular formula is C22H19NO4S2. The Balaban J connectivity index is 1.68. The van der Waals surface area contributed by atoms with E-state index in [1.807, 2.05) is 31.2 Å². The number of thioether (sulfide) groups is 1. The molecule has 2 aromatic carbocycles. The van der Waals surface area contributed by atoms with E-state index >= 15 is 0 Å². The third-order valence-electron chi connectivity index (χ3n) is 4.05. The summed E-state index contributed by atoms with van der Waals surface area (Å²) in [6, 6.07) is 17.8. The van der Waals surface area contributed by atoms with Gasteiger partial charge in [0.2, 0.25) is 0 Å². The fourth-order valence-electron chi connectivity index (χ4n) is 2.63. The lowest BCUT2D eigenvalue weighted by atomic mass is 10.2. The highest BCUT2D eigenvalue weighted by atomic mass is 32.2. The zero-order chi connectivity index (χ0) is 20.8. The van der Waals surface area contributed by atoms with Gasteiger partial charge in [-0.15, -0.1) is 23.1 Å². The number of ketones is 1. The number of nitrogens with one attached hydrogen (secondary N) is 1. The second-order valence-electron chi connectivity index (χ2n) is 6.15. The number of anilines is 1. The van der Waals surface area contributed by atoms with E-state index in [0.29, 0.717) is 21.7 Å². The maximum Gasteiger partial charge on any atom is 0.340 e. The summed E-state index contributed by atoms with van der Waals surface area (Å²) in [6.07, 6.45) is 0. The Hall–Kier alpha value is -2.90. The van der Waals surface area contributed by atoms with Gasteiger partial charge in [-0.05, 0) is 31.2 Å². The summed E-state index contributed by atoms with van der Waals surface area (Å²) >= 11 is 2.69. The summed E-state index contributed by atoms with van der Waals surface area (Å²) in [5.41, 5.74) is 1.45. The van der Waals surface area contributed by atoms with Crippen molar-refractivity contribution in [1.82, 2.24) is 0 Å². The van der Waals surface area contributed by atoms with E-state index < -0.39 is 5.97 Å². The Bertz CT molecular complexity index is 1040. The number of carbonyl (C=O) groups is 3. The maximum absolute atomic E-state index is 12.7. The van der Waals surface area contributed by atoms with Gasteiger partial charge >= 0.3 is 5.97 Å². The summed E-state index contributed by atoms with van der Waals surface area (Å²) in [7, 11) is 1.30. The van der Waals surface area contributed by atoms with Crippen LogP contribution in [0, 0.1) is 6.92 Å². The van der Waals surface area contributed by atoms with Crippen LogP contribution in [0.15, 0.2) is 65.6 Å². The van der Waals surface area contributed by atoms with E-state index in [4.69, 9.17) is 4.74 Å². The number of hydrogen-bond donors (Lipinski definition) is 1. The average molecular weight is 426 g/mol. The number of Topliss-reactive ketones (excluding diaryl/α,β-unsaturated/α-hetero) is 1. The zero-order valence-electron chi connectivity index (χ0n) is 15.9. The molecule has 0 spiro atoms. The standard InChI is InChI=1S/C22H19NO4S2/c1-14-11-18(22(26)27-2)21(29-14)23-20(25)16-9-6-10-17(12-16)28-13-19(24)15-7-4-3-5-8-15/h3-12H,13H2,1-2H3,(H,23,25). The molecule has 3 rings (SSSR count). The van der Waals surface area contributed by atoms with Crippen molar-refractivity contribution >= 4 is 45.8 Å². The van der Waals surface area contributed by atoms with Crippen molar-refractivity contribution in [1.29, 1.82) is 0 Å². The summed E-state index contributed by atoms with van der Waals surface area (Å²) in [5, 5.41) is 3.24. The first kappa shape index (κ1) is 20.8. The number of aryl methyl sites for hydroxylation is 1. The number of esters is 1. The molecule has 29 heavy (non-hydrogen) atoms. The second-order valence-corrected chi connectivity index (χ2v) is 8.46. The molecule has 3 aromatic rings. The van der Waals surface area contributed by atoms with Crippen molar-refractivity contribution < 1.29 is 19.1 Å². The van der Waals surface area contributed by atoms with Crippen molar-refractivity contribution in [2.75, 3.05) is 18.2 Å². The Labute approximate surface area is 177 Å². The van der Waals surface area contributed by atoms with Crippen LogP contribution in [0.4, 0.5) is 5.00 Å². The van der Waals surface area contributed by atoms with Gasteiger partial charge in [-0.3, -0.25) is 9.59 Å². The van der Waals surface area contributed by atoms with Crippen LogP contribution >= 0.6 is 23.1 Å². The van der Waals surface area contributed by atoms with E-state index in [1.165, 1.54) is 30.2 Å². The lowest BCUT2D eigenvalue weighted by Gasteiger charge is -2.07. The van der Waals surface area contributed by atoms with Crippen molar-refractivity contribution in [3.8, 4) is 0 Å². The molecule has 7 heteroatoms. The molecule has 1 heterocycles. The predicted octanol–water partition coefficient (Wildman–Crippen LogP) is 5.07. The highest BCUT2D eigenvalue weighted by molar-refractivity contribution is 8.00. The molecule has 1 aromatic heterocycles. The van der Waals surface area contributed by atoms with E-state index in [2.05, 4.69) is 5.32 Å². The largest absolute Gasteiger partial charge is 0.465 e. The van der Waals surface area contributed by atoms with Gasteiger partial charge in [0.05, 0.1) is 18.4 Å². The minimum absolute atomic E-state index is 0.0298. The quantitative estimate of drug-likeness (QED) is 0.325. The first-order chi connectivity index (χ1) is 14.0. The monoisotopic (exact) mass is 425 g/mol. The van der Waals surface area contributed by atoms with Crippen LogP contribution in [0.5, 0.6) is 0 Å². The van der Waals surface area contributed by atoms with Crippen molar-refractivity contribution in [3.63, 3.8) is 0 Å². The summed E-state index contributed by atoms with van der Waals surface area (Å²) in [6.45, 7) is 1.85. The molecule has 0 aliphatic rings. The van der Waals surface area contributed by atoms with Crippen LogP contribution < -0.4 is 5.32 Å². The SMILES string of the molecule is COC(=O)c1cc(C)sc1NC(=O)c1cccc(SCC(=O)c2ccccc2)c1. The lowest BCUT2D eigenvalue weighted by molar-refractivity contribution is 0.0602. The molecule has 1 N–H and O–H groups in total. The van der Waals surface area contributed by atoms with Crippen molar-refractivity contribution in [2.45, 2.75) is 11.8 Å². The zero-order valence-corrected chi connectivity index (χ0v) is 17.6. The Morgan fingerprint density at radius 2 is 1.72 bits per heavy atom. The first-order valence-corrected chi connectivity index (χ1v) is 10.6. The Morgan fingerprint density at radius 3 is 2.45 bits per heavy atom. The fraction of sp³-hybridized carbons (Fsp3) is 0.136. The normalized spacial score (nSPS) is 10.4. The fourth-order valence-corrected chi connectivity index (χ4v) is 4.37. The van der Waals surface area contributed by atoms with Gasteiger partial charge in [0.25, 0.3) is 5.91 Å². The Kier molecular flexibility index (Phi) is 6.85. The van der Waals surface area contributed by atoms with Crippen molar-refractivity contribution in [3.05, 3.63) is 82.2 Å². The lowest BCUT2D eigenvalue weighted by Crippen LogP contribution is -2.13. The van der Waals surface area contributed by atoms with E-state index in [9.17, 15) is 14.4 Å². The minimum atomic E-state index is -0.492. The molecule has 0 bridgehead atoms. The Morgan fingerprint density at radius 1 is 1.00 bits per heavy atom. The topological polar surface area (TPSA) is 72.5 Å². The average Bonchev–Trinajstić information content (AvgIpc) is 3.12. The molecular weight excluding hydrogens is 406 g/mol. The number of hydrogen-bond acceptors (Lipinski definition) is 6. The van der Waals surface area contributed by atoms with Gasteiger partial charge in [-0.1, -0.05) is 36.4 Å². The van der Waals surface area contributed by atoms with Gasteiger partial charge in [0.1, 0.15) is 5.00 Å². The highest BCUT2D eigenvalue weighted by Crippen LogP contribution is 2.29. The number of ether oxygens (including phenoxy) is 1. The second kappa shape index (κ2) is 9.54. The summed E-state index contributed by atoms with van der Waals surface area (Å²) < 4.78 is 4.77. The number of amides is 1. The number of benzene rings is 2. The molecule has 5 nitrogen and oxygen atoms in total. The van der Waals surface area contributed by atoms with E-state index in [-0.39, 0.29) is 17.4 Å². The molecule has 0 aliphatic carbocycles. The molecule has 0 saturated carbocycles. The van der Waals surface area contributed by atoms with Gasteiger partial charge in [-0.25, -0.2) is 4.79 Å². The summed E-state index contributed by atoms with van der Waals surface area (Å²) in [5.74, 6) is -0.504. The van der Waals surface area contributed by atoms with Crippen LogP contribution in [-0.2, 0) is 4.74 Å². The number of methoxy groups -OCH3 is 1. The van der Waals surface area contributed by atoms with Crippen LogP contribution in [0.25, 0.3) is 0 Å². The number of carbonyl (C=O) groups excluding carboxylic acids is 3. The minimum Gasteiger partial charge on any atom is -0.465 e. The van der Waals surface area contributed by atoms with Crippen LogP contribution in [0.1, 0.15) is 36.0 Å². The van der Waals surface area contributed by atoms with Crippen LogP contribution in [-0.4, -0.2) is 30.5 Å². The van der Waals surface area contributed by atoms with Gasteiger partial charge < -0.3 is 10.1 Å². The smallest absolute Gasteiger partial charge is 0.340 e. The molecule has 0 fully saturated rings. The van der Waals surface area contributed by atoms with Crippen molar-refractivity contribution in [2.24, 2.45) is 0 Å². The highest BCUT2D eigenvalue weighted by Gasteiger charge is 2.18. The van der Waals surface area contributed by atoms with E-state index in [1.54, 1.807) is 36.4 Å². The van der Waals surface area contributed by atoms with Gasteiger partial charge in [-0.2, -0.15) is 0 Å². The number of rotatable bonds is 7. The van der Waals surface area contributed by atoms with Crippen LogP contribution in [0.2, 0.25) is 0 Å². The van der Waals surface area contributed by atoms with Gasteiger partial charge in [0.15, 0.2) is 5.78 Å². The van der Waals surface area contributed by atoms with Crippen LogP contribution in [0.3, 0.4) is 0 Å². The summed E-state index contributed by atoms with van der Waals surface area (Å²) in [4.78, 5) is 38.5. The molecule has 0 saturated heterocycles. The maximum atomic E-state index is 12.7. The third-order valence-corrected chi connectivity index (χ3v) is 6.01. The molecule has 0 radical (unpaired) electrons. The molecule has 0 atom stereocenters. The van der Waals surface area contributed by atoms with Gasteiger partial charge in [0, 0.05) is 20.9 Å². The first-order valence-electron chi connectivity index (χ1n) is 8.79. The molecule has 0 aliphatic heterocycles. The third kappa shape index (κ3) is 5.34. The van der Waals surface area contributed by atoms with E-state index in [0.717, 1.165) is 9.77 Å².